The maximum absolute atomic E-state index is 10.2. The first-order valence-electron chi connectivity index (χ1n) is 5.72. The van der Waals surface area contributed by atoms with Crippen LogP contribution in [0.25, 0.3) is 0 Å². The van der Waals surface area contributed by atoms with Gasteiger partial charge in [-0.3, -0.25) is 0 Å². The van der Waals surface area contributed by atoms with Crippen molar-refractivity contribution in [2.75, 3.05) is 13.6 Å². The average Bonchev–Trinajstić information content (AvgIpc) is 2.28. The fourth-order valence-electron chi connectivity index (χ4n) is 1.79. The summed E-state index contributed by atoms with van der Waals surface area (Å²) in [4.78, 5) is 0. The van der Waals surface area contributed by atoms with E-state index in [1.54, 1.807) is 0 Å². The highest BCUT2D eigenvalue weighted by Gasteiger charge is 2.18. The summed E-state index contributed by atoms with van der Waals surface area (Å²) in [5.74, 6) is 0. The monoisotopic (exact) mass is 222 g/mol. The second-order valence-corrected chi connectivity index (χ2v) is 4.29. The number of aliphatic hydroxyl groups excluding tert-OH is 1. The molecule has 1 rings (SSSR count). The Kier molecular flexibility index (Phi) is 4.93. The van der Waals surface area contributed by atoms with E-state index in [1.165, 1.54) is 5.56 Å². The summed E-state index contributed by atoms with van der Waals surface area (Å²) >= 11 is 0. The van der Waals surface area contributed by atoms with E-state index in [1.807, 2.05) is 39.1 Å². The van der Waals surface area contributed by atoms with Crippen LogP contribution in [-0.4, -0.2) is 24.7 Å². The van der Waals surface area contributed by atoms with E-state index in [9.17, 15) is 5.11 Å². The molecule has 2 atom stereocenters. The maximum Gasteiger partial charge on any atom is 0.0943 e. The summed E-state index contributed by atoms with van der Waals surface area (Å²) in [5.41, 5.74) is 9.24. The van der Waals surface area contributed by atoms with Crippen LogP contribution in [0.2, 0.25) is 0 Å². The van der Waals surface area contributed by atoms with Crippen molar-refractivity contribution in [1.29, 1.82) is 0 Å². The quantitative estimate of drug-likeness (QED) is 0.703. The van der Waals surface area contributed by atoms with Gasteiger partial charge in [0, 0.05) is 6.04 Å². The van der Waals surface area contributed by atoms with Crippen LogP contribution in [0.15, 0.2) is 18.2 Å². The van der Waals surface area contributed by atoms with Crippen molar-refractivity contribution in [2.45, 2.75) is 32.4 Å². The molecule has 2 unspecified atom stereocenters. The Morgan fingerprint density at radius 1 is 1.38 bits per heavy atom. The molecule has 0 radical (unpaired) electrons. The Labute approximate surface area is 97.7 Å². The summed E-state index contributed by atoms with van der Waals surface area (Å²) in [5, 5.41) is 13.2. The molecular formula is C13H22N2O. The molecular weight excluding hydrogens is 200 g/mol. The summed E-state index contributed by atoms with van der Waals surface area (Å²) in [6.07, 6.45) is 0.193. The van der Waals surface area contributed by atoms with Crippen LogP contribution in [0.1, 0.15) is 29.2 Å². The number of nitrogens with one attached hydrogen (secondary N) is 1. The molecule has 0 saturated carbocycles. The summed E-state index contributed by atoms with van der Waals surface area (Å²) < 4.78 is 0. The normalized spacial score (nSPS) is 14.8. The Morgan fingerprint density at radius 2 is 2.06 bits per heavy atom. The molecule has 4 N–H and O–H groups in total. The number of hydrogen-bond donors (Lipinski definition) is 3. The molecule has 3 nitrogen and oxygen atoms in total. The van der Waals surface area contributed by atoms with Crippen LogP contribution < -0.4 is 11.1 Å². The molecule has 0 saturated heterocycles. The third-order valence-corrected chi connectivity index (χ3v) is 3.10. The zero-order valence-electron chi connectivity index (χ0n) is 10.3. The molecule has 90 valence electrons. The highest BCUT2D eigenvalue weighted by molar-refractivity contribution is 5.35. The largest absolute Gasteiger partial charge is 0.387 e. The van der Waals surface area contributed by atoms with Gasteiger partial charge in [0.1, 0.15) is 0 Å². The Hall–Kier alpha value is -0.900. The summed E-state index contributed by atoms with van der Waals surface area (Å²) in [7, 11) is 1.89. The molecule has 0 aromatic heterocycles. The minimum atomic E-state index is -0.576. The molecule has 1 aromatic rings. The van der Waals surface area contributed by atoms with E-state index in [0.29, 0.717) is 0 Å². The van der Waals surface area contributed by atoms with Gasteiger partial charge in [-0.2, -0.15) is 0 Å². The van der Waals surface area contributed by atoms with Crippen LogP contribution in [0, 0.1) is 13.8 Å². The van der Waals surface area contributed by atoms with Gasteiger partial charge in [-0.1, -0.05) is 18.2 Å². The number of rotatable bonds is 5. The van der Waals surface area contributed by atoms with Gasteiger partial charge < -0.3 is 16.2 Å². The lowest BCUT2D eigenvalue weighted by Crippen LogP contribution is -2.32. The van der Waals surface area contributed by atoms with Gasteiger partial charge in [-0.25, -0.2) is 0 Å². The number of aryl methyl sites for hydroxylation is 1. The zero-order chi connectivity index (χ0) is 12.1. The first-order valence-corrected chi connectivity index (χ1v) is 5.72. The topological polar surface area (TPSA) is 58.3 Å². The van der Waals surface area contributed by atoms with Gasteiger partial charge in [-0.05, 0) is 50.6 Å². The van der Waals surface area contributed by atoms with Crippen molar-refractivity contribution in [3.63, 3.8) is 0 Å². The van der Waals surface area contributed by atoms with E-state index in [4.69, 9.17) is 5.73 Å². The molecule has 3 heteroatoms. The molecule has 0 aliphatic carbocycles. The summed E-state index contributed by atoms with van der Waals surface area (Å²) in [6.45, 7) is 4.90. The van der Waals surface area contributed by atoms with Crippen molar-refractivity contribution >= 4 is 0 Å². The van der Waals surface area contributed by atoms with Crippen molar-refractivity contribution < 1.29 is 5.11 Å². The number of benzene rings is 1. The van der Waals surface area contributed by atoms with Crippen LogP contribution in [0.5, 0.6) is 0 Å². The van der Waals surface area contributed by atoms with Crippen molar-refractivity contribution in [1.82, 2.24) is 5.32 Å². The van der Waals surface area contributed by atoms with E-state index in [-0.39, 0.29) is 6.04 Å². The Morgan fingerprint density at radius 3 is 2.69 bits per heavy atom. The van der Waals surface area contributed by atoms with Crippen LogP contribution in [0.3, 0.4) is 0 Å². The van der Waals surface area contributed by atoms with Gasteiger partial charge in [0.05, 0.1) is 6.10 Å². The lowest BCUT2D eigenvalue weighted by atomic mass is 9.94. The second kappa shape index (κ2) is 5.99. The van der Waals surface area contributed by atoms with Crippen molar-refractivity contribution in [3.8, 4) is 0 Å². The third kappa shape index (κ3) is 3.04. The zero-order valence-corrected chi connectivity index (χ0v) is 10.3. The molecule has 16 heavy (non-hydrogen) atoms. The molecule has 0 aliphatic heterocycles. The first-order chi connectivity index (χ1) is 7.57. The molecule has 0 amide bonds. The number of aliphatic hydroxyl groups is 1. The van der Waals surface area contributed by atoms with Crippen molar-refractivity contribution in [3.05, 3.63) is 34.9 Å². The van der Waals surface area contributed by atoms with E-state index in [0.717, 1.165) is 24.1 Å². The predicted octanol–water partition coefficient (Wildman–Crippen LogP) is 1.27. The van der Waals surface area contributed by atoms with Crippen molar-refractivity contribution in [2.24, 2.45) is 5.73 Å². The van der Waals surface area contributed by atoms with Gasteiger partial charge in [0.25, 0.3) is 0 Å². The van der Waals surface area contributed by atoms with E-state index >= 15 is 0 Å². The van der Waals surface area contributed by atoms with Gasteiger partial charge in [0.2, 0.25) is 0 Å². The highest BCUT2D eigenvalue weighted by atomic mass is 16.3. The Balaban J connectivity index is 2.79. The van der Waals surface area contributed by atoms with Crippen LogP contribution in [-0.2, 0) is 0 Å². The number of nitrogens with two attached hydrogens (primary N) is 1. The van der Waals surface area contributed by atoms with Crippen LogP contribution >= 0.6 is 0 Å². The molecule has 0 fully saturated rings. The Bertz CT molecular complexity index is 339. The standard InChI is InChI=1S/C13H22N2O/c1-9-5-4-6-11(10(9)2)13(16)12(14)7-8-15-3/h4-6,12-13,15-16H,7-8,14H2,1-3H3. The predicted molar refractivity (Wildman–Crippen MR) is 67.4 cm³/mol. The number of hydrogen-bond acceptors (Lipinski definition) is 3. The van der Waals surface area contributed by atoms with Gasteiger partial charge in [0.15, 0.2) is 0 Å². The lowest BCUT2D eigenvalue weighted by Gasteiger charge is -2.21. The van der Waals surface area contributed by atoms with E-state index in [2.05, 4.69) is 5.32 Å². The van der Waals surface area contributed by atoms with Gasteiger partial charge in [-0.15, -0.1) is 0 Å². The van der Waals surface area contributed by atoms with E-state index < -0.39 is 6.10 Å². The molecule has 0 heterocycles. The lowest BCUT2D eigenvalue weighted by molar-refractivity contribution is 0.141. The molecule has 0 spiro atoms. The molecule has 0 aliphatic rings. The second-order valence-electron chi connectivity index (χ2n) is 4.29. The van der Waals surface area contributed by atoms with Crippen LogP contribution in [0.4, 0.5) is 0 Å². The molecule has 1 aromatic carbocycles. The fraction of sp³-hybridized carbons (Fsp3) is 0.538. The minimum absolute atomic E-state index is 0.215. The average molecular weight is 222 g/mol. The smallest absolute Gasteiger partial charge is 0.0943 e. The van der Waals surface area contributed by atoms with Gasteiger partial charge >= 0.3 is 0 Å². The third-order valence-electron chi connectivity index (χ3n) is 3.10. The SMILES string of the molecule is CNCCC(N)C(O)c1cccc(C)c1C. The highest BCUT2D eigenvalue weighted by Crippen LogP contribution is 2.23. The first kappa shape index (κ1) is 13.2. The molecule has 0 bridgehead atoms. The minimum Gasteiger partial charge on any atom is -0.387 e. The summed E-state index contributed by atoms with van der Waals surface area (Å²) in [6, 6.07) is 5.75. The fourth-order valence-corrected chi connectivity index (χ4v) is 1.79. The maximum atomic E-state index is 10.2.